The van der Waals surface area contributed by atoms with Crippen LogP contribution < -0.4 is 10.1 Å². The van der Waals surface area contributed by atoms with Crippen LogP contribution in [0.1, 0.15) is 24.0 Å². The van der Waals surface area contributed by atoms with E-state index in [1.165, 1.54) is 12.1 Å². The van der Waals surface area contributed by atoms with E-state index in [2.05, 4.69) is 22.6 Å². The summed E-state index contributed by atoms with van der Waals surface area (Å²) < 4.78 is 18.3. The van der Waals surface area contributed by atoms with Crippen LogP contribution in [-0.4, -0.2) is 18.1 Å². The van der Waals surface area contributed by atoms with E-state index < -0.39 is 0 Å². The summed E-state index contributed by atoms with van der Waals surface area (Å²) in [4.78, 5) is 4.54. The highest BCUT2D eigenvalue weighted by Gasteiger charge is 2.02. The molecule has 0 spiro atoms. The number of halogens is 1. The Bertz CT molecular complexity index is 513. The van der Waals surface area contributed by atoms with Crippen LogP contribution in [0, 0.1) is 5.82 Å². The highest BCUT2D eigenvalue weighted by molar-refractivity contribution is 7.09. The van der Waals surface area contributed by atoms with E-state index in [4.69, 9.17) is 4.74 Å². The highest BCUT2D eigenvalue weighted by atomic mass is 32.1. The zero-order valence-electron chi connectivity index (χ0n) is 11.6. The summed E-state index contributed by atoms with van der Waals surface area (Å²) in [7, 11) is 0. The molecule has 1 aromatic carbocycles. The minimum Gasteiger partial charge on any atom is -0.493 e. The van der Waals surface area contributed by atoms with Crippen LogP contribution in [0.4, 0.5) is 4.39 Å². The van der Waals surface area contributed by atoms with Crippen molar-refractivity contribution >= 4 is 11.3 Å². The maximum atomic E-state index is 12.7. The molecule has 2 rings (SSSR count). The fourth-order valence-corrected chi connectivity index (χ4v) is 2.50. The lowest BCUT2D eigenvalue weighted by atomic mass is 10.3. The SMILES string of the molecule is CCCNCc1csc(CCOc2ccc(F)cc2)n1. The van der Waals surface area contributed by atoms with Gasteiger partial charge in [-0.2, -0.15) is 0 Å². The molecule has 0 fully saturated rings. The molecule has 0 aliphatic heterocycles. The molecular weight excluding hydrogens is 275 g/mol. The standard InChI is InChI=1S/C15H19FN2OS/c1-2-8-17-10-13-11-20-15(18-13)7-9-19-14-5-3-12(16)4-6-14/h3-6,11,17H,2,7-10H2,1H3. The van der Waals surface area contributed by atoms with Crippen molar-refractivity contribution in [3.8, 4) is 5.75 Å². The first-order valence-electron chi connectivity index (χ1n) is 6.80. The Balaban J connectivity index is 1.72. The largest absolute Gasteiger partial charge is 0.493 e. The molecule has 0 aliphatic carbocycles. The third kappa shape index (κ3) is 4.90. The van der Waals surface area contributed by atoms with Gasteiger partial charge in [0.2, 0.25) is 0 Å². The lowest BCUT2D eigenvalue weighted by molar-refractivity contribution is 0.321. The molecule has 1 aromatic heterocycles. The van der Waals surface area contributed by atoms with Crippen LogP contribution in [-0.2, 0) is 13.0 Å². The first kappa shape index (κ1) is 14.9. The molecule has 1 heterocycles. The molecule has 0 aliphatic rings. The molecule has 0 radical (unpaired) electrons. The number of nitrogens with one attached hydrogen (secondary N) is 1. The summed E-state index contributed by atoms with van der Waals surface area (Å²) >= 11 is 1.65. The number of benzene rings is 1. The van der Waals surface area contributed by atoms with Gasteiger partial charge in [-0.05, 0) is 37.2 Å². The van der Waals surface area contributed by atoms with Gasteiger partial charge in [-0.15, -0.1) is 11.3 Å². The van der Waals surface area contributed by atoms with Gasteiger partial charge in [-0.1, -0.05) is 6.92 Å². The lowest BCUT2D eigenvalue weighted by Crippen LogP contribution is -2.14. The van der Waals surface area contributed by atoms with Crippen LogP contribution in [0.15, 0.2) is 29.6 Å². The monoisotopic (exact) mass is 294 g/mol. The van der Waals surface area contributed by atoms with Gasteiger partial charge in [0.05, 0.1) is 17.3 Å². The molecule has 0 bridgehead atoms. The van der Waals surface area contributed by atoms with Crippen molar-refractivity contribution in [2.24, 2.45) is 0 Å². The molecule has 2 aromatic rings. The van der Waals surface area contributed by atoms with Crippen molar-refractivity contribution in [1.82, 2.24) is 10.3 Å². The Labute approximate surface area is 122 Å². The highest BCUT2D eigenvalue weighted by Crippen LogP contribution is 2.13. The number of rotatable bonds is 8. The predicted molar refractivity (Wildman–Crippen MR) is 79.7 cm³/mol. The second kappa shape index (κ2) is 7.97. The van der Waals surface area contributed by atoms with Crippen molar-refractivity contribution in [1.29, 1.82) is 0 Å². The Kier molecular flexibility index (Phi) is 5.95. The Morgan fingerprint density at radius 1 is 1.30 bits per heavy atom. The maximum Gasteiger partial charge on any atom is 0.123 e. The summed E-state index contributed by atoms with van der Waals surface area (Å²) in [6, 6.07) is 6.07. The number of ether oxygens (including phenoxy) is 1. The molecule has 0 saturated carbocycles. The van der Waals surface area contributed by atoms with E-state index >= 15 is 0 Å². The molecule has 0 unspecified atom stereocenters. The van der Waals surface area contributed by atoms with E-state index in [9.17, 15) is 4.39 Å². The molecule has 20 heavy (non-hydrogen) atoms. The first-order chi connectivity index (χ1) is 9.78. The minimum atomic E-state index is -0.249. The van der Waals surface area contributed by atoms with E-state index in [1.807, 2.05) is 0 Å². The van der Waals surface area contributed by atoms with Gasteiger partial charge in [0.15, 0.2) is 0 Å². The number of hydrogen-bond acceptors (Lipinski definition) is 4. The summed E-state index contributed by atoms with van der Waals surface area (Å²) in [6.07, 6.45) is 1.90. The van der Waals surface area contributed by atoms with E-state index in [0.717, 1.165) is 36.6 Å². The van der Waals surface area contributed by atoms with Gasteiger partial charge in [0.1, 0.15) is 11.6 Å². The third-order valence-corrected chi connectivity index (χ3v) is 3.69. The first-order valence-corrected chi connectivity index (χ1v) is 7.68. The van der Waals surface area contributed by atoms with E-state index in [-0.39, 0.29) is 5.82 Å². The van der Waals surface area contributed by atoms with Crippen molar-refractivity contribution in [3.63, 3.8) is 0 Å². The van der Waals surface area contributed by atoms with Gasteiger partial charge >= 0.3 is 0 Å². The molecule has 0 saturated heterocycles. The minimum absolute atomic E-state index is 0.249. The van der Waals surface area contributed by atoms with Gasteiger partial charge in [-0.3, -0.25) is 0 Å². The molecule has 1 N–H and O–H groups in total. The van der Waals surface area contributed by atoms with Crippen LogP contribution in [0.2, 0.25) is 0 Å². The van der Waals surface area contributed by atoms with Crippen LogP contribution in [0.3, 0.4) is 0 Å². The van der Waals surface area contributed by atoms with Crippen LogP contribution in [0.5, 0.6) is 5.75 Å². The molecule has 108 valence electrons. The molecule has 0 amide bonds. The van der Waals surface area contributed by atoms with Crippen molar-refractivity contribution in [2.45, 2.75) is 26.3 Å². The Morgan fingerprint density at radius 2 is 2.10 bits per heavy atom. The van der Waals surface area contributed by atoms with Gasteiger partial charge in [0, 0.05) is 18.3 Å². The topological polar surface area (TPSA) is 34.1 Å². The molecule has 3 nitrogen and oxygen atoms in total. The summed E-state index contributed by atoms with van der Waals surface area (Å²) in [5.74, 6) is 0.439. The van der Waals surface area contributed by atoms with Crippen molar-refractivity contribution in [3.05, 3.63) is 46.2 Å². The maximum absolute atomic E-state index is 12.7. The smallest absolute Gasteiger partial charge is 0.123 e. The van der Waals surface area contributed by atoms with Crippen molar-refractivity contribution in [2.75, 3.05) is 13.2 Å². The lowest BCUT2D eigenvalue weighted by Gasteiger charge is -2.04. The summed E-state index contributed by atoms with van der Waals surface area (Å²) in [6.45, 7) is 4.54. The zero-order valence-corrected chi connectivity index (χ0v) is 12.4. The summed E-state index contributed by atoms with van der Waals surface area (Å²) in [5.41, 5.74) is 1.08. The average Bonchev–Trinajstić information content (AvgIpc) is 2.89. The normalized spacial score (nSPS) is 10.7. The van der Waals surface area contributed by atoms with Crippen LogP contribution in [0.25, 0.3) is 0 Å². The quantitative estimate of drug-likeness (QED) is 0.758. The predicted octanol–water partition coefficient (Wildman–Crippen LogP) is 3.40. The van der Waals surface area contributed by atoms with E-state index in [1.54, 1.807) is 23.5 Å². The van der Waals surface area contributed by atoms with Gasteiger partial charge in [-0.25, -0.2) is 9.37 Å². The number of nitrogens with zero attached hydrogens (tertiary/aromatic N) is 1. The van der Waals surface area contributed by atoms with E-state index in [0.29, 0.717) is 12.4 Å². The van der Waals surface area contributed by atoms with Crippen molar-refractivity contribution < 1.29 is 9.13 Å². The molecule has 0 atom stereocenters. The summed E-state index contributed by atoms with van der Waals surface area (Å²) in [5, 5.41) is 6.48. The Hall–Kier alpha value is -1.46. The Morgan fingerprint density at radius 3 is 2.85 bits per heavy atom. The van der Waals surface area contributed by atoms with Gasteiger partial charge < -0.3 is 10.1 Å². The third-order valence-electron chi connectivity index (χ3n) is 2.73. The second-order valence-electron chi connectivity index (χ2n) is 4.46. The number of hydrogen-bond donors (Lipinski definition) is 1. The zero-order chi connectivity index (χ0) is 14.2. The number of aromatic nitrogens is 1. The fraction of sp³-hybridized carbons (Fsp3) is 0.400. The average molecular weight is 294 g/mol. The molecular formula is C15H19FN2OS. The number of thiazole rings is 1. The fourth-order valence-electron chi connectivity index (χ4n) is 1.73. The second-order valence-corrected chi connectivity index (χ2v) is 5.40. The van der Waals surface area contributed by atoms with Crippen LogP contribution >= 0.6 is 11.3 Å². The van der Waals surface area contributed by atoms with Gasteiger partial charge in [0.25, 0.3) is 0 Å². The molecule has 5 heteroatoms.